The monoisotopic (exact) mass is 276 g/mol. The molecule has 0 heterocycles. The molecule has 0 spiro atoms. The Kier molecular flexibility index (Phi) is 4.65. The van der Waals surface area contributed by atoms with Crippen LogP contribution in [0.5, 0.6) is 5.75 Å². The summed E-state index contributed by atoms with van der Waals surface area (Å²) in [5, 5.41) is 0. The zero-order valence-electron chi connectivity index (χ0n) is 12.6. The fourth-order valence-corrected chi connectivity index (χ4v) is 3.24. The SMILES string of the molecule is COc1cccc(C(N)=O)c1C1CCC(N(C)C)CC1. The molecular weight excluding hydrogens is 252 g/mol. The van der Waals surface area contributed by atoms with E-state index in [2.05, 4.69) is 19.0 Å². The number of methoxy groups -OCH3 is 1. The molecule has 0 atom stereocenters. The Morgan fingerprint density at radius 1 is 1.25 bits per heavy atom. The van der Waals surface area contributed by atoms with Crippen LogP contribution in [0.15, 0.2) is 18.2 Å². The van der Waals surface area contributed by atoms with Crippen molar-refractivity contribution >= 4 is 5.91 Å². The predicted molar refractivity (Wildman–Crippen MR) is 80.2 cm³/mol. The summed E-state index contributed by atoms with van der Waals surface area (Å²) in [6.45, 7) is 0. The molecule has 110 valence electrons. The first-order valence-corrected chi connectivity index (χ1v) is 7.17. The number of amides is 1. The molecular formula is C16H24N2O2. The van der Waals surface area contributed by atoms with E-state index in [0.29, 0.717) is 17.5 Å². The quantitative estimate of drug-likeness (QED) is 0.918. The molecule has 1 aliphatic rings. The van der Waals surface area contributed by atoms with E-state index in [1.54, 1.807) is 13.2 Å². The normalized spacial score (nSPS) is 22.8. The molecule has 0 saturated heterocycles. The molecule has 0 radical (unpaired) electrons. The number of ether oxygens (including phenoxy) is 1. The average molecular weight is 276 g/mol. The van der Waals surface area contributed by atoms with Gasteiger partial charge in [0.05, 0.1) is 7.11 Å². The Bertz CT molecular complexity index is 477. The van der Waals surface area contributed by atoms with Crippen LogP contribution in [0.1, 0.15) is 47.5 Å². The van der Waals surface area contributed by atoms with E-state index in [0.717, 1.165) is 37.0 Å². The molecule has 1 aromatic carbocycles. The second kappa shape index (κ2) is 6.27. The maximum Gasteiger partial charge on any atom is 0.249 e. The maximum absolute atomic E-state index is 11.7. The summed E-state index contributed by atoms with van der Waals surface area (Å²) in [5.41, 5.74) is 7.13. The van der Waals surface area contributed by atoms with Crippen LogP contribution >= 0.6 is 0 Å². The van der Waals surface area contributed by atoms with Gasteiger partial charge >= 0.3 is 0 Å². The lowest BCUT2D eigenvalue weighted by molar-refractivity contribution is 0.0997. The van der Waals surface area contributed by atoms with Crippen molar-refractivity contribution in [2.24, 2.45) is 5.73 Å². The van der Waals surface area contributed by atoms with E-state index in [-0.39, 0.29) is 5.91 Å². The fraction of sp³-hybridized carbons (Fsp3) is 0.562. The fourth-order valence-electron chi connectivity index (χ4n) is 3.24. The third kappa shape index (κ3) is 2.96. The van der Waals surface area contributed by atoms with Crippen LogP contribution in [0, 0.1) is 0 Å². The van der Waals surface area contributed by atoms with Crippen molar-refractivity contribution in [1.29, 1.82) is 0 Å². The molecule has 20 heavy (non-hydrogen) atoms. The van der Waals surface area contributed by atoms with Crippen LogP contribution in [-0.2, 0) is 0 Å². The number of carbonyl (C=O) groups excluding carboxylic acids is 1. The van der Waals surface area contributed by atoms with E-state index in [1.165, 1.54) is 0 Å². The molecule has 1 aliphatic carbocycles. The molecule has 2 N–H and O–H groups in total. The summed E-state index contributed by atoms with van der Waals surface area (Å²) in [6, 6.07) is 6.18. The van der Waals surface area contributed by atoms with E-state index in [1.807, 2.05) is 12.1 Å². The molecule has 2 rings (SSSR count). The second-order valence-electron chi connectivity index (χ2n) is 5.75. The number of hydrogen-bond donors (Lipinski definition) is 1. The van der Waals surface area contributed by atoms with Gasteiger partial charge in [-0.1, -0.05) is 6.07 Å². The molecule has 0 aromatic heterocycles. The summed E-state index contributed by atoms with van der Waals surface area (Å²) in [5.74, 6) is 0.785. The van der Waals surface area contributed by atoms with Gasteiger partial charge in [-0.2, -0.15) is 0 Å². The molecule has 1 saturated carbocycles. The van der Waals surface area contributed by atoms with E-state index < -0.39 is 0 Å². The minimum atomic E-state index is -0.367. The minimum absolute atomic E-state index is 0.366. The molecule has 0 aliphatic heterocycles. The smallest absolute Gasteiger partial charge is 0.249 e. The first kappa shape index (κ1) is 14.9. The van der Waals surface area contributed by atoms with Gasteiger partial charge in [0.1, 0.15) is 5.75 Å². The first-order valence-electron chi connectivity index (χ1n) is 7.17. The van der Waals surface area contributed by atoms with Crippen molar-refractivity contribution in [3.63, 3.8) is 0 Å². The summed E-state index contributed by atoms with van der Waals surface area (Å²) in [6.07, 6.45) is 4.44. The van der Waals surface area contributed by atoms with Crippen molar-refractivity contribution in [2.45, 2.75) is 37.6 Å². The minimum Gasteiger partial charge on any atom is -0.496 e. The lowest BCUT2D eigenvalue weighted by Crippen LogP contribution is -2.32. The number of primary amides is 1. The van der Waals surface area contributed by atoms with E-state index in [4.69, 9.17) is 10.5 Å². The highest BCUT2D eigenvalue weighted by Crippen LogP contribution is 2.40. The van der Waals surface area contributed by atoms with E-state index in [9.17, 15) is 4.79 Å². The number of nitrogens with two attached hydrogens (primary N) is 1. The molecule has 1 aromatic rings. The standard InChI is InChI=1S/C16H24N2O2/c1-18(2)12-9-7-11(8-10-12)15-13(16(17)19)5-4-6-14(15)20-3/h4-6,11-12H,7-10H2,1-3H3,(H2,17,19). The summed E-state index contributed by atoms with van der Waals surface area (Å²) < 4.78 is 5.45. The number of rotatable bonds is 4. The third-order valence-electron chi connectivity index (χ3n) is 4.39. The first-order chi connectivity index (χ1) is 9.54. The molecule has 4 nitrogen and oxygen atoms in total. The van der Waals surface area contributed by atoms with Gasteiger partial charge in [0.25, 0.3) is 0 Å². The third-order valence-corrected chi connectivity index (χ3v) is 4.39. The van der Waals surface area contributed by atoms with Crippen molar-refractivity contribution in [2.75, 3.05) is 21.2 Å². The van der Waals surface area contributed by atoms with Gasteiger partial charge in [0.2, 0.25) is 5.91 Å². The highest BCUT2D eigenvalue weighted by Gasteiger charge is 2.28. The Hall–Kier alpha value is -1.55. The predicted octanol–water partition coefficient (Wildman–Crippen LogP) is 2.38. The Morgan fingerprint density at radius 2 is 1.90 bits per heavy atom. The van der Waals surface area contributed by atoms with Crippen LogP contribution in [0.2, 0.25) is 0 Å². The van der Waals surface area contributed by atoms with Crippen molar-refractivity contribution < 1.29 is 9.53 Å². The van der Waals surface area contributed by atoms with Crippen LogP contribution in [0.4, 0.5) is 0 Å². The average Bonchev–Trinajstić information content (AvgIpc) is 2.46. The van der Waals surface area contributed by atoms with Crippen molar-refractivity contribution in [3.05, 3.63) is 29.3 Å². The van der Waals surface area contributed by atoms with Gasteiger partial charge in [0, 0.05) is 17.2 Å². The number of benzene rings is 1. The molecule has 4 heteroatoms. The van der Waals surface area contributed by atoms with Crippen LogP contribution in [-0.4, -0.2) is 38.1 Å². The van der Waals surface area contributed by atoms with Crippen molar-refractivity contribution in [3.8, 4) is 5.75 Å². The number of carbonyl (C=O) groups is 1. The molecule has 1 amide bonds. The van der Waals surface area contributed by atoms with Gasteiger partial charge in [-0.05, 0) is 57.8 Å². The largest absolute Gasteiger partial charge is 0.496 e. The second-order valence-corrected chi connectivity index (χ2v) is 5.75. The molecule has 0 bridgehead atoms. The number of nitrogens with zero attached hydrogens (tertiary/aromatic N) is 1. The summed E-state index contributed by atoms with van der Waals surface area (Å²) >= 11 is 0. The highest BCUT2D eigenvalue weighted by atomic mass is 16.5. The lowest BCUT2D eigenvalue weighted by Gasteiger charge is -2.33. The Balaban J connectivity index is 2.26. The van der Waals surface area contributed by atoms with Crippen LogP contribution in [0.25, 0.3) is 0 Å². The van der Waals surface area contributed by atoms with Crippen LogP contribution in [0.3, 0.4) is 0 Å². The summed E-state index contributed by atoms with van der Waals surface area (Å²) in [7, 11) is 5.90. The Morgan fingerprint density at radius 3 is 2.40 bits per heavy atom. The topological polar surface area (TPSA) is 55.6 Å². The van der Waals surface area contributed by atoms with Gasteiger partial charge in [-0.3, -0.25) is 4.79 Å². The molecule has 1 fully saturated rings. The lowest BCUT2D eigenvalue weighted by atomic mass is 9.79. The zero-order valence-corrected chi connectivity index (χ0v) is 12.6. The van der Waals surface area contributed by atoms with E-state index >= 15 is 0 Å². The number of hydrogen-bond acceptors (Lipinski definition) is 3. The van der Waals surface area contributed by atoms with Crippen molar-refractivity contribution in [1.82, 2.24) is 4.90 Å². The van der Waals surface area contributed by atoms with Crippen LogP contribution < -0.4 is 10.5 Å². The maximum atomic E-state index is 11.7. The molecule has 0 unspecified atom stereocenters. The highest BCUT2D eigenvalue weighted by molar-refractivity contribution is 5.95. The van der Waals surface area contributed by atoms with Gasteiger partial charge in [0.15, 0.2) is 0 Å². The zero-order chi connectivity index (χ0) is 14.7. The Labute approximate surface area is 120 Å². The van der Waals surface area contributed by atoms with Gasteiger partial charge in [-0.25, -0.2) is 0 Å². The van der Waals surface area contributed by atoms with Gasteiger partial charge < -0.3 is 15.4 Å². The van der Waals surface area contributed by atoms with Gasteiger partial charge in [-0.15, -0.1) is 0 Å². The summed E-state index contributed by atoms with van der Waals surface area (Å²) in [4.78, 5) is 13.9.